The molecule has 3 heterocycles. The van der Waals surface area contributed by atoms with Crippen molar-refractivity contribution in [3.63, 3.8) is 0 Å². The predicted octanol–water partition coefficient (Wildman–Crippen LogP) is 1.63. The summed E-state index contributed by atoms with van der Waals surface area (Å²) in [5.41, 5.74) is 0. The summed E-state index contributed by atoms with van der Waals surface area (Å²) in [6.45, 7) is 0.906. The minimum atomic E-state index is -3.44. The SMILES string of the molecule is O=S(=O)(c1ccc(Cl)s1)N1CCC(n2ccnn2)C1. The molecule has 6 nitrogen and oxygen atoms in total. The highest BCUT2D eigenvalue weighted by molar-refractivity contribution is 7.91. The third-order valence-electron chi connectivity index (χ3n) is 3.08. The van der Waals surface area contributed by atoms with Crippen LogP contribution in [0.5, 0.6) is 0 Å². The maximum atomic E-state index is 12.4. The summed E-state index contributed by atoms with van der Waals surface area (Å²) in [4.78, 5) is 0. The first-order valence-corrected chi connectivity index (χ1v) is 8.32. The number of thiophene rings is 1. The van der Waals surface area contributed by atoms with Crippen molar-refractivity contribution in [3.8, 4) is 0 Å². The van der Waals surface area contributed by atoms with E-state index in [-0.39, 0.29) is 10.3 Å². The lowest BCUT2D eigenvalue weighted by Crippen LogP contribution is -2.28. The van der Waals surface area contributed by atoms with Crippen molar-refractivity contribution in [2.75, 3.05) is 13.1 Å². The van der Waals surface area contributed by atoms with Gasteiger partial charge in [0.05, 0.1) is 16.6 Å². The summed E-state index contributed by atoms with van der Waals surface area (Å²) < 4.78 is 28.7. The zero-order chi connectivity index (χ0) is 13.5. The van der Waals surface area contributed by atoms with Crippen LogP contribution in [0.1, 0.15) is 12.5 Å². The summed E-state index contributed by atoms with van der Waals surface area (Å²) >= 11 is 6.88. The van der Waals surface area contributed by atoms with Crippen LogP contribution in [0.2, 0.25) is 4.34 Å². The predicted molar refractivity (Wildman–Crippen MR) is 71.8 cm³/mol. The largest absolute Gasteiger partial charge is 0.252 e. The Balaban J connectivity index is 1.81. The van der Waals surface area contributed by atoms with Gasteiger partial charge in [-0.15, -0.1) is 16.4 Å². The van der Waals surface area contributed by atoms with Gasteiger partial charge >= 0.3 is 0 Å². The fraction of sp³-hybridized carbons (Fsp3) is 0.400. The summed E-state index contributed by atoms with van der Waals surface area (Å²) in [7, 11) is -3.44. The first kappa shape index (κ1) is 13.0. The van der Waals surface area contributed by atoms with Crippen molar-refractivity contribution in [2.24, 2.45) is 0 Å². The minimum Gasteiger partial charge on any atom is -0.248 e. The van der Waals surface area contributed by atoms with Gasteiger partial charge in [0, 0.05) is 19.3 Å². The van der Waals surface area contributed by atoms with Crippen LogP contribution in [0.4, 0.5) is 0 Å². The molecule has 0 amide bonds. The molecule has 1 atom stereocenters. The highest BCUT2D eigenvalue weighted by Crippen LogP contribution is 2.31. The molecule has 3 rings (SSSR count). The second-order valence-corrected chi connectivity index (χ2v) is 8.13. The first-order chi connectivity index (χ1) is 9.07. The smallest absolute Gasteiger partial charge is 0.248 e. The fourth-order valence-electron chi connectivity index (χ4n) is 2.12. The lowest BCUT2D eigenvalue weighted by atomic mass is 10.3. The van der Waals surface area contributed by atoms with E-state index < -0.39 is 10.0 Å². The lowest BCUT2D eigenvalue weighted by molar-refractivity contribution is 0.429. The Hall–Kier alpha value is -0.960. The van der Waals surface area contributed by atoms with Gasteiger partial charge < -0.3 is 0 Å². The van der Waals surface area contributed by atoms with Crippen LogP contribution in [0.15, 0.2) is 28.7 Å². The van der Waals surface area contributed by atoms with E-state index in [2.05, 4.69) is 10.3 Å². The normalized spacial score (nSPS) is 21.0. The van der Waals surface area contributed by atoms with Crippen LogP contribution in [-0.4, -0.2) is 40.8 Å². The highest BCUT2D eigenvalue weighted by atomic mass is 35.5. The molecular weight excluding hydrogens is 308 g/mol. The minimum absolute atomic E-state index is 0.0488. The van der Waals surface area contributed by atoms with E-state index in [1.807, 2.05) is 0 Å². The number of hydrogen-bond acceptors (Lipinski definition) is 5. The molecule has 19 heavy (non-hydrogen) atoms. The summed E-state index contributed by atoms with van der Waals surface area (Å²) in [6, 6.07) is 3.20. The van der Waals surface area contributed by atoms with Gasteiger partial charge in [-0.1, -0.05) is 16.8 Å². The molecule has 1 aliphatic rings. The average molecular weight is 319 g/mol. The molecule has 1 unspecified atom stereocenters. The Morgan fingerprint density at radius 3 is 2.89 bits per heavy atom. The molecule has 1 saturated heterocycles. The van der Waals surface area contributed by atoms with Gasteiger partial charge in [-0.25, -0.2) is 13.1 Å². The lowest BCUT2D eigenvalue weighted by Gasteiger charge is -2.15. The maximum absolute atomic E-state index is 12.4. The van der Waals surface area contributed by atoms with Gasteiger partial charge in [0.25, 0.3) is 10.0 Å². The van der Waals surface area contributed by atoms with Gasteiger partial charge in [0.1, 0.15) is 4.21 Å². The van der Waals surface area contributed by atoms with E-state index in [0.29, 0.717) is 17.4 Å². The molecule has 0 saturated carbocycles. The van der Waals surface area contributed by atoms with Crippen LogP contribution in [0.25, 0.3) is 0 Å². The van der Waals surface area contributed by atoms with Gasteiger partial charge in [0.2, 0.25) is 0 Å². The zero-order valence-corrected chi connectivity index (χ0v) is 12.2. The number of rotatable bonds is 3. The first-order valence-electron chi connectivity index (χ1n) is 5.68. The topological polar surface area (TPSA) is 68.1 Å². The van der Waals surface area contributed by atoms with E-state index in [4.69, 9.17) is 11.6 Å². The summed E-state index contributed by atoms with van der Waals surface area (Å²) in [5.74, 6) is 0. The van der Waals surface area contributed by atoms with Crippen LogP contribution < -0.4 is 0 Å². The molecule has 2 aromatic heterocycles. The Morgan fingerprint density at radius 1 is 1.42 bits per heavy atom. The van der Waals surface area contributed by atoms with Crippen molar-refractivity contribution >= 4 is 33.0 Å². The molecule has 9 heteroatoms. The third-order valence-corrected chi connectivity index (χ3v) is 6.65. The molecule has 0 aliphatic carbocycles. The molecule has 0 spiro atoms. The van der Waals surface area contributed by atoms with Crippen LogP contribution in [-0.2, 0) is 10.0 Å². The van der Waals surface area contributed by atoms with E-state index in [1.54, 1.807) is 29.2 Å². The van der Waals surface area contributed by atoms with E-state index in [1.165, 1.54) is 4.31 Å². The molecule has 2 aromatic rings. The van der Waals surface area contributed by atoms with E-state index >= 15 is 0 Å². The number of halogens is 1. The van der Waals surface area contributed by atoms with Crippen LogP contribution in [0, 0.1) is 0 Å². The third kappa shape index (κ3) is 2.40. The van der Waals surface area contributed by atoms with E-state index in [0.717, 1.165) is 17.8 Å². The van der Waals surface area contributed by atoms with Crippen LogP contribution in [0.3, 0.4) is 0 Å². The average Bonchev–Trinajstić information content (AvgIpc) is 3.10. The second kappa shape index (κ2) is 4.86. The Labute approximate surface area is 119 Å². The standard InChI is InChI=1S/C10H11ClN4O2S2/c11-9-1-2-10(18-9)19(16,17)14-5-3-8(7-14)15-6-4-12-13-15/h1-2,4,6,8H,3,5,7H2. The number of hydrogen-bond donors (Lipinski definition) is 0. The molecular formula is C10H11ClN4O2S2. The van der Waals surface area contributed by atoms with Gasteiger partial charge in [-0.2, -0.15) is 4.31 Å². The number of aromatic nitrogens is 3. The molecule has 1 aliphatic heterocycles. The molecule has 0 aromatic carbocycles. The maximum Gasteiger partial charge on any atom is 0.252 e. The monoisotopic (exact) mass is 318 g/mol. The Kier molecular flexibility index (Phi) is 3.34. The Morgan fingerprint density at radius 2 is 2.26 bits per heavy atom. The molecule has 0 radical (unpaired) electrons. The second-order valence-electron chi connectivity index (χ2n) is 4.25. The molecule has 0 N–H and O–H groups in total. The molecule has 102 valence electrons. The fourth-order valence-corrected chi connectivity index (χ4v) is 5.25. The van der Waals surface area contributed by atoms with Crippen molar-refractivity contribution in [2.45, 2.75) is 16.7 Å². The zero-order valence-electron chi connectivity index (χ0n) is 9.81. The van der Waals surface area contributed by atoms with Gasteiger partial charge in [0.15, 0.2) is 0 Å². The number of nitrogens with zero attached hydrogens (tertiary/aromatic N) is 4. The van der Waals surface area contributed by atoms with Crippen molar-refractivity contribution in [1.82, 2.24) is 19.3 Å². The van der Waals surface area contributed by atoms with Crippen molar-refractivity contribution in [3.05, 3.63) is 28.9 Å². The highest BCUT2D eigenvalue weighted by Gasteiger charge is 2.34. The quantitative estimate of drug-likeness (QED) is 0.862. The van der Waals surface area contributed by atoms with Crippen molar-refractivity contribution < 1.29 is 8.42 Å². The van der Waals surface area contributed by atoms with Crippen molar-refractivity contribution in [1.29, 1.82) is 0 Å². The van der Waals surface area contributed by atoms with E-state index in [9.17, 15) is 8.42 Å². The summed E-state index contributed by atoms with van der Waals surface area (Å²) in [5, 5.41) is 7.66. The van der Waals surface area contributed by atoms with Gasteiger partial charge in [-0.3, -0.25) is 0 Å². The molecule has 0 bridgehead atoms. The summed E-state index contributed by atoms with van der Waals surface area (Å²) in [6.07, 6.45) is 4.08. The van der Waals surface area contributed by atoms with Crippen LogP contribution >= 0.6 is 22.9 Å². The molecule has 1 fully saturated rings. The number of sulfonamides is 1. The Bertz CT molecular complexity index is 668. The van der Waals surface area contributed by atoms with Gasteiger partial charge in [-0.05, 0) is 18.6 Å².